The van der Waals surface area contributed by atoms with Crippen LogP contribution in [0.1, 0.15) is 51.9 Å². The lowest BCUT2D eigenvalue weighted by Gasteiger charge is -2.35. The Kier molecular flexibility index (Phi) is 4.54. The molecule has 0 bridgehead atoms. The Hall–Kier alpha value is -1.10. The lowest BCUT2D eigenvalue weighted by Crippen LogP contribution is -2.50. The minimum atomic E-state index is -0.0895. The van der Waals surface area contributed by atoms with E-state index < -0.39 is 0 Å². The molecular formula is C19H31N3O2. The summed E-state index contributed by atoms with van der Waals surface area (Å²) < 4.78 is 0. The van der Waals surface area contributed by atoms with Crippen LogP contribution in [0.3, 0.4) is 0 Å². The highest BCUT2D eigenvalue weighted by molar-refractivity contribution is 5.89. The average molecular weight is 333 g/mol. The summed E-state index contributed by atoms with van der Waals surface area (Å²) in [5.41, 5.74) is 0. The maximum Gasteiger partial charge on any atom is 0.228 e. The van der Waals surface area contributed by atoms with Crippen LogP contribution in [-0.2, 0) is 9.59 Å². The number of carbonyl (C=O) groups excluding carboxylic acids is 2. The molecule has 4 aliphatic rings. The summed E-state index contributed by atoms with van der Waals surface area (Å²) in [6.07, 6.45) is 7.69. The maximum atomic E-state index is 13.1. The first-order valence-electron chi connectivity index (χ1n) is 9.99. The van der Waals surface area contributed by atoms with Crippen molar-refractivity contribution in [3.8, 4) is 0 Å². The summed E-state index contributed by atoms with van der Waals surface area (Å²) in [6, 6.07) is 0.925. The Balaban J connectivity index is 1.40. The van der Waals surface area contributed by atoms with Crippen molar-refractivity contribution in [2.24, 2.45) is 11.8 Å². The van der Waals surface area contributed by atoms with E-state index in [9.17, 15) is 9.59 Å². The van der Waals surface area contributed by atoms with Crippen LogP contribution in [0.4, 0.5) is 0 Å². The fraction of sp³-hybridized carbons (Fsp3) is 0.895. The zero-order chi connectivity index (χ0) is 16.7. The molecular weight excluding hydrogens is 302 g/mol. The Morgan fingerprint density at radius 3 is 2.58 bits per heavy atom. The number of likely N-dealkylation sites (tertiary alicyclic amines) is 3. The minimum absolute atomic E-state index is 0.0895. The van der Waals surface area contributed by atoms with Gasteiger partial charge in [0.1, 0.15) is 0 Å². The van der Waals surface area contributed by atoms with Gasteiger partial charge < -0.3 is 9.80 Å². The van der Waals surface area contributed by atoms with Gasteiger partial charge in [0.25, 0.3) is 0 Å². The predicted molar refractivity (Wildman–Crippen MR) is 92.4 cm³/mol. The smallest absolute Gasteiger partial charge is 0.228 e. The molecule has 134 valence electrons. The summed E-state index contributed by atoms with van der Waals surface area (Å²) in [7, 11) is 0. The van der Waals surface area contributed by atoms with Gasteiger partial charge in [-0.05, 0) is 57.5 Å². The zero-order valence-corrected chi connectivity index (χ0v) is 15.0. The van der Waals surface area contributed by atoms with Crippen LogP contribution in [0.15, 0.2) is 0 Å². The van der Waals surface area contributed by atoms with Crippen LogP contribution in [-0.4, -0.2) is 71.3 Å². The van der Waals surface area contributed by atoms with Crippen molar-refractivity contribution in [1.82, 2.24) is 14.7 Å². The molecule has 0 spiro atoms. The van der Waals surface area contributed by atoms with E-state index in [4.69, 9.17) is 0 Å². The van der Waals surface area contributed by atoms with Gasteiger partial charge >= 0.3 is 0 Å². The molecule has 2 amide bonds. The second-order valence-corrected chi connectivity index (χ2v) is 8.22. The Labute approximate surface area is 145 Å². The van der Waals surface area contributed by atoms with Gasteiger partial charge in [-0.25, -0.2) is 0 Å². The highest BCUT2D eigenvalue weighted by Gasteiger charge is 2.44. The molecule has 0 N–H and O–H groups in total. The van der Waals surface area contributed by atoms with Gasteiger partial charge in [-0.1, -0.05) is 6.92 Å². The average Bonchev–Trinajstić information content (AvgIpc) is 2.99. The molecule has 24 heavy (non-hydrogen) atoms. The van der Waals surface area contributed by atoms with Gasteiger partial charge in [0.05, 0.1) is 5.92 Å². The van der Waals surface area contributed by atoms with Crippen LogP contribution in [0.2, 0.25) is 0 Å². The van der Waals surface area contributed by atoms with Crippen LogP contribution in [0, 0.1) is 11.8 Å². The van der Waals surface area contributed by atoms with Gasteiger partial charge in [0.2, 0.25) is 11.8 Å². The van der Waals surface area contributed by atoms with E-state index in [2.05, 4.69) is 16.7 Å². The molecule has 0 unspecified atom stereocenters. The molecule has 3 saturated heterocycles. The van der Waals surface area contributed by atoms with Crippen LogP contribution < -0.4 is 0 Å². The van der Waals surface area contributed by atoms with Gasteiger partial charge in [-0.15, -0.1) is 0 Å². The summed E-state index contributed by atoms with van der Waals surface area (Å²) in [5.74, 6) is 1.08. The molecule has 4 rings (SSSR count). The lowest BCUT2D eigenvalue weighted by molar-refractivity contribution is -0.137. The second-order valence-electron chi connectivity index (χ2n) is 8.22. The third kappa shape index (κ3) is 3.07. The Morgan fingerprint density at radius 2 is 1.83 bits per heavy atom. The molecule has 0 aromatic heterocycles. The van der Waals surface area contributed by atoms with Crippen LogP contribution in [0.25, 0.3) is 0 Å². The van der Waals surface area contributed by atoms with Crippen molar-refractivity contribution in [2.45, 2.75) is 64.0 Å². The summed E-state index contributed by atoms with van der Waals surface area (Å²) >= 11 is 0. The summed E-state index contributed by atoms with van der Waals surface area (Å²) in [5, 5.41) is 0. The minimum Gasteiger partial charge on any atom is -0.342 e. The van der Waals surface area contributed by atoms with E-state index in [-0.39, 0.29) is 17.7 Å². The maximum absolute atomic E-state index is 13.1. The molecule has 5 nitrogen and oxygen atoms in total. The van der Waals surface area contributed by atoms with Gasteiger partial charge in [-0.3, -0.25) is 14.5 Å². The van der Waals surface area contributed by atoms with Crippen molar-refractivity contribution in [3.05, 3.63) is 0 Å². The molecule has 5 heteroatoms. The Bertz CT molecular complexity index is 505. The molecule has 3 aliphatic heterocycles. The number of amides is 2. The van der Waals surface area contributed by atoms with Gasteiger partial charge in [0.15, 0.2) is 0 Å². The van der Waals surface area contributed by atoms with Crippen molar-refractivity contribution in [3.63, 3.8) is 0 Å². The fourth-order valence-corrected chi connectivity index (χ4v) is 5.11. The summed E-state index contributed by atoms with van der Waals surface area (Å²) in [6.45, 7) is 6.94. The summed E-state index contributed by atoms with van der Waals surface area (Å²) in [4.78, 5) is 32.0. The molecule has 4 fully saturated rings. The third-order valence-electron chi connectivity index (χ3n) is 6.59. The highest BCUT2D eigenvalue weighted by Crippen LogP contribution is 2.34. The quantitative estimate of drug-likeness (QED) is 0.769. The number of rotatable bonds is 5. The first-order valence-corrected chi connectivity index (χ1v) is 9.99. The van der Waals surface area contributed by atoms with E-state index in [1.807, 2.05) is 4.90 Å². The topological polar surface area (TPSA) is 43.9 Å². The lowest BCUT2D eigenvalue weighted by atomic mass is 10.0. The number of nitrogens with zero attached hydrogens (tertiary/aromatic N) is 3. The van der Waals surface area contributed by atoms with Crippen LogP contribution in [0.5, 0.6) is 0 Å². The van der Waals surface area contributed by atoms with Crippen molar-refractivity contribution in [2.75, 3.05) is 32.7 Å². The highest BCUT2D eigenvalue weighted by atomic mass is 16.2. The fourth-order valence-electron chi connectivity index (χ4n) is 5.11. The van der Waals surface area contributed by atoms with Gasteiger partial charge in [-0.2, -0.15) is 0 Å². The standard InChI is InChI=1S/C19H31N3O2/c1-2-20-9-3-5-16(20)17-6-4-10-22(17)19(24)15-11-18(23)21(13-15)12-14-7-8-14/h14-17H,2-13H2,1H3/t15-,16+,17-/m0/s1. The predicted octanol–water partition coefficient (Wildman–Crippen LogP) is 1.72. The number of likely N-dealkylation sites (N-methyl/N-ethyl adjacent to an activating group) is 1. The van der Waals surface area contributed by atoms with Crippen molar-refractivity contribution < 1.29 is 9.59 Å². The second kappa shape index (κ2) is 6.66. The molecule has 0 aromatic rings. The first-order chi connectivity index (χ1) is 11.7. The largest absolute Gasteiger partial charge is 0.342 e. The third-order valence-corrected chi connectivity index (χ3v) is 6.59. The van der Waals surface area contributed by atoms with E-state index in [1.165, 1.54) is 32.2 Å². The van der Waals surface area contributed by atoms with Crippen molar-refractivity contribution >= 4 is 11.8 Å². The molecule has 0 aromatic carbocycles. The monoisotopic (exact) mass is 333 g/mol. The first kappa shape index (κ1) is 16.4. The van der Waals surface area contributed by atoms with Gasteiger partial charge in [0, 0.05) is 38.1 Å². The van der Waals surface area contributed by atoms with E-state index >= 15 is 0 Å². The molecule has 1 aliphatic carbocycles. The van der Waals surface area contributed by atoms with Crippen LogP contribution >= 0.6 is 0 Å². The molecule has 3 heterocycles. The number of carbonyl (C=O) groups is 2. The number of hydrogen-bond donors (Lipinski definition) is 0. The molecule has 1 saturated carbocycles. The zero-order valence-electron chi connectivity index (χ0n) is 15.0. The van der Waals surface area contributed by atoms with Crippen molar-refractivity contribution in [1.29, 1.82) is 0 Å². The SMILES string of the molecule is CCN1CCC[C@@H]1[C@@H]1CCCN1C(=O)[C@H]1CC(=O)N(CC2CC2)C1. The molecule has 3 atom stereocenters. The number of hydrogen-bond acceptors (Lipinski definition) is 3. The van der Waals surface area contributed by atoms with E-state index in [1.54, 1.807) is 0 Å². The Morgan fingerprint density at radius 1 is 1.08 bits per heavy atom. The molecule has 0 radical (unpaired) electrons. The van der Waals surface area contributed by atoms with E-state index in [0.29, 0.717) is 31.0 Å². The normalized spacial score (nSPS) is 34.5. The van der Waals surface area contributed by atoms with E-state index in [0.717, 1.165) is 32.5 Å².